The number of aliphatic carboxylic acids is 1. The van der Waals surface area contributed by atoms with Gasteiger partial charge in [0.05, 0.1) is 23.9 Å². The summed E-state index contributed by atoms with van der Waals surface area (Å²) >= 11 is 0. The first-order valence-electron chi connectivity index (χ1n) is 10.8. The molecule has 1 atom stereocenters. The van der Waals surface area contributed by atoms with Crippen LogP contribution in [0.25, 0.3) is 11.4 Å². The van der Waals surface area contributed by atoms with E-state index in [-0.39, 0.29) is 5.92 Å². The summed E-state index contributed by atoms with van der Waals surface area (Å²) in [6.07, 6.45) is 1.28. The van der Waals surface area contributed by atoms with E-state index in [9.17, 15) is 13.2 Å². The van der Waals surface area contributed by atoms with Gasteiger partial charge >= 0.3 is 12.1 Å². The van der Waals surface area contributed by atoms with Crippen molar-refractivity contribution in [3.63, 3.8) is 0 Å². The van der Waals surface area contributed by atoms with Gasteiger partial charge in [-0.2, -0.15) is 23.3 Å². The minimum Gasteiger partial charge on any atom is -0.475 e. The highest BCUT2D eigenvalue weighted by molar-refractivity contribution is 5.73. The lowest BCUT2D eigenvalue weighted by Gasteiger charge is -2.31. The van der Waals surface area contributed by atoms with Crippen molar-refractivity contribution in [1.29, 1.82) is 0 Å². The minimum absolute atomic E-state index is 0.183. The molecular formula is C21H26F3N7O4. The summed E-state index contributed by atoms with van der Waals surface area (Å²) in [4.78, 5) is 25.1. The average Bonchev–Trinajstić information content (AvgIpc) is 3.47. The van der Waals surface area contributed by atoms with E-state index in [1.165, 1.54) is 0 Å². The van der Waals surface area contributed by atoms with Crippen molar-refractivity contribution >= 4 is 11.9 Å². The van der Waals surface area contributed by atoms with Gasteiger partial charge < -0.3 is 19.3 Å². The molecule has 3 aromatic rings. The van der Waals surface area contributed by atoms with Gasteiger partial charge in [0.25, 0.3) is 0 Å². The van der Waals surface area contributed by atoms with Crippen LogP contribution in [0.4, 0.5) is 19.1 Å². The van der Waals surface area contributed by atoms with E-state index in [1.54, 1.807) is 13.3 Å². The zero-order valence-electron chi connectivity index (χ0n) is 19.5. The molecule has 4 heterocycles. The van der Waals surface area contributed by atoms with E-state index in [2.05, 4.69) is 25.1 Å². The highest BCUT2D eigenvalue weighted by Crippen LogP contribution is 2.29. The van der Waals surface area contributed by atoms with Crippen LogP contribution >= 0.6 is 0 Å². The fourth-order valence-corrected chi connectivity index (χ4v) is 3.54. The number of aryl methyl sites for hydroxylation is 2. The van der Waals surface area contributed by atoms with Crippen molar-refractivity contribution in [1.82, 2.24) is 29.9 Å². The maximum Gasteiger partial charge on any atom is 0.490 e. The molecule has 3 aromatic heterocycles. The third kappa shape index (κ3) is 6.74. The first kappa shape index (κ1) is 26.1. The van der Waals surface area contributed by atoms with Gasteiger partial charge in [0.15, 0.2) is 5.82 Å². The van der Waals surface area contributed by atoms with E-state index in [0.717, 1.165) is 48.8 Å². The van der Waals surface area contributed by atoms with E-state index in [4.69, 9.17) is 24.1 Å². The van der Waals surface area contributed by atoms with Crippen LogP contribution in [0.2, 0.25) is 0 Å². The van der Waals surface area contributed by atoms with Gasteiger partial charge in [-0.1, -0.05) is 5.16 Å². The van der Waals surface area contributed by atoms with Crippen LogP contribution in [0.15, 0.2) is 23.0 Å². The number of carboxylic acids is 1. The van der Waals surface area contributed by atoms with Gasteiger partial charge in [-0.15, -0.1) is 0 Å². The summed E-state index contributed by atoms with van der Waals surface area (Å²) in [5.41, 5.74) is 2.92. The SMILES string of the molecule is COCCc1noc(C2CCCN(c3ncc(C)c(-c4ccnn4C)n3)C2)n1.O=C(O)C(F)(F)F. The fraction of sp³-hybridized carbons (Fsp3) is 0.524. The minimum atomic E-state index is -5.08. The molecule has 0 radical (unpaired) electrons. The summed E-state index contributed by atoms with van der Waals surface area (Å²) in [7, 11) is 3.59. The Kier molecular flexibility index (Phi) is 8.38. The molecule has 0 amide bonds. The highest BCUT2D eigenvalue weighted by atomic mass is 19.4. The topological polar surface area (TPSA) is 132 Å². The van der Waals surface area contributed by atoms with Crippen LogP contribution in [0, 0.1) is 6.92 Å². The Hall–Kier alpha value is -3.55. The predicted molar refractivity (Wildman–Crippen MR) is 117 cm³/mol. The Labute approximate surface area is 198 Å². The number of carboxylic acid groups (broad SMARTS) is 1. The van der Waals surface area contributed by atoms with E-state index >= 15 is 0 Å². The maximum absolute atomic E-state index is 10.6. The number of halogens is 3. The monoisotopic (exact) mass is 497 g/mol. The second kappa shape index (κ2) is 11.3. The van der Waals surface area contributed by atoms with Gasteiger partial charge in [0.2, 0.25) is 11.8 Å². The molecule has 14 heteroatoms. The first-order chi connectivity index (χ1) is 16.6. The molecule has 190 valence electrons. The highest BCUT2D eigenvalue weighted by Gasteiger charge is 2.38. The number of piperidine rings is 1. The molecule has 4 rings (SSSR count). The van der Waals surface area contributed by atoms with Crippen LogP contribution in [-0.4, -0.2) is 73.9 Å². The molecule has 11 nitrogen and oxygen atoms in total. The van der Waals surface area contributed by atoms with Gasteiger partial charge in [-0.25, -0.2) is 14.8 Å². The van der Waals surface area contributed by atoms with E-state index in [0.29, 0.717) is 24.7 Å². The molecule has 1 aliphatic rings. The van der Waals surface area contributed by atoms with Crippen LogP contribution in [0.5, 0.6) is 0 Å². The molecule has 0 aromatic carbocycles. The Morgan fingerprint density at radius 1 is 1.34 bits per heavy atom. The van der Waals surface area contributed by atoms with Crippen molar-refractivity contribution in [2.75, 3.05) is 31.7 Å². The Morgan fingerprint density at radius 2 is 2.09 bits per heavy atom. The van der Waals surface area contributed by atoms with Crippen molar-refractivity contribution < 1.29 is 32.3 Å². The summed E-state index contributed by atoms with van der Waals surface area (Å²) in [6, 6.07) is 1.97. The van der Waals surface area contributed by atoms with Crippen molar-refractivity contribution in [2.24, 2.45) is 7.05 Å². The van der Waals surface area contributed by atoms with Crippen molar-refractivity contribution in [3.05, 3.63) is 35.7 Å². The van der Waals surface area contributed by atoms with Gasteiger partial charge in [0, 0.05) is 46.1 Å². The number of anilines is 1. The second-order valence-corrected chi connectivity index (χ2v) is 7.92. The largest absolute Gasteiger partial charge is 0.490 e. The van der Waals surface area contributed by atoms with Crippen LogP contribution in [-0.2, 0) is 23.0 Å². The molecule has 1 aliphatic heterocycles. The van der Waals surface area contributed by atoms with Crippen LogP contribution < -0.4 is 4.90 Å². The normalized spacial score (nSPS) is 16.1. The molecule has 0 spiro atoms. The Balaban J connectivity index is 0.000000429. The van der Waals surface area contributed by atoms with Crippen LogP contribution in [0.3, 0.4) is 0 Å². The van der Waals surface area contributed by atoms with Crippen LogP contribution in [0.1, 0.15) is 36.0 Å². The number of ether oxygens (including phenoxy) is 1. The molecule has 1 saturated heterocycles. The average molecular weight is 497 g/mol. The third-order valence-electron chi connectivity index (χ3n) is 5.33. The molecule has 0 saturated carbocycles. The third-order valence-corrected chi connectivity index (χ3v) is 5.33. The maximum atomic E-state index is 10.6. The zero-order valence-corrected chi connectivity index (χ0v) is 19.5. The van der Waals surface area contributed by atoms with Crippen molar-refractivity contribution in [3.8, 4) is 11.4 Å². The number of carbonyl (C=O) groups is 1. The molecule has 1 N–H and O–H groups in total. The number of aromatic nitrogens is 6. The van der Waals surface area contributed by atoms with Gasteiger partial charge in [-0.05, 0) is 31.4 Å². The molecule has 35 heavy (non-hydrogen) atoms. The predicted octanol–water partition coefficient (Wildman–Crippen LogP) is 2.77. The molecule has 1 unspecified atom stereocenters. The molecule has 0 aliphatic carbocycles. The smallest absolute Gasteiger partial charge is 0.475 e. The first-order valence-corrected chi connectivity index (χ1v) is 10.8. The lowest BCUT2D eigenvalue weighted by molar-refractivity contribution is -0.192. The standard InChI is InChI=1S/C19H25N7O2.C2HF3O2/c1-13-11-20-19(23-17(13)15-6-8-21-25(15)2)26-9-4-5-14(12-26)18-22-16(24-28-18)7-10-27-3;3-2(4,5)1(6)7/h6,8,11,14H,4-5,7,9-10,12H2,1-3H3;(H,6,7). The lowest BCUT2D eigenvalue weighted by Crippen LogP contribution is -2.35. The number of nitrogens with zero attached hydrogens (tertiary/aromatic N) is 7. The lowest BCUT2D eigenvalue weighted by atomic mass is 9.98. The number of rotatable bonds is 6. The summed E-state index contributed by atoms with van der Waals surface area (Å²) in [6.45, 7) is 4.28. The number of methoxy groups -OCH3 is 1. The molecule has 0 bridgehead atoms. The molecule has 1 fully saturated rings. The Morgan fingerprint density at radius 3 is 2.71 bits per heavy atom. The number of hydrogen-bond donors (Lipinski definition) is 1. The quantitative estimate of drug-likeness (QED) is 0.542. The number of alkyl halides is 3. The van der Waals surface area contributed by atoms with E-state index in [1.807, 2.05) is 30.9 Å². The number of hydrogen-bond acceptors (Lipinski definition) is 9. The van der Waals surface area contributed by atoms with Gasteiger partial charge in [0.1, 0.15) is 0 Å². The summed E-state index contributed by atoms with van der Waals surface area (Å²) in [5.74, 6) is -0.463. The zero-order chi connectivity index (χ0) is 25.6. The van der Waals surface area contributed by atoms with Crippen molar-refractivity contribution in [2.45, 2.75) is 38.3 Å². The summed E-state index contributed by atoms with van der Waals surface area (Å²) in [5, 5.41) is 15.5. The van der Waals surface area contributed by atoms with E-state index < -0.39 is 12.1 Å². The second-order valence-electron chi connectivity index (χ2n) is 7.92. The molecular weight excluding hydrogens is 471 g/mol. The van der Waals surface area contributed by atoms with Gasteiger partial charge in [-0.3, -0.25) is 4.68 Å². The Bertz CT molecular complexity index is 1130. The fourth-order valence-electron chi connectivity index (χ4n) is 3.54. The summed E-state index contributed by atoms with van der Waals surface area (Å²) < 4.78 is 44.2.